The van der Waals surface area contributed by atoms with Crippen LogP contribution in [0, 0.1) is 0 Å². The Morgan fingerprint density at radius 1 is 0.226 bits per heavy atom. The van der Waals surface area contributed by atoms with Gasteiger partial charge in [-0.15, -0.1) is 0 Å². The number of hydrogen-bond donors (Lipinski definition) is 0. The molecule has 3 nitrogen and oxygen atoms in total. The maximum atomic E-state index is 2.65. The predicted octanol–water partition coefficient (Wildman–Crippen LogP) is 11.6. The first-order valence-corrected chi connectivity index (χ1v) is 33.2. The third kappa shape index (κ3) is 7.58. The molecule has 0 saturated heterocycles. The summed E-state index contributed by atoms with van der Waals surface area (Å²) >= 11 is 0. The van der Waals surface area contributed by atoms with E-state index in [1.54, 1.807) is 0 Å². The first kappa shape index (κ1) is 49.6. The van der Waals surface area contributed by atoms with Crippen LogP contribution < -0.4 is 67.7 Å². The second kappa shape index (κ2) is 20.3. The minimum Gasteiger partial charge on any atom is -0.311 e. The van der Waals surface area contributed by atoms with Crippen LogP contribution in [0.2, 0.25) is 0 Å². The lowest BCUT2D eigenvalue weighted by molar-refractivity contribution is 1.16. The highest BCUT2D eigenvalue weighted by Gasteiger charge is 2.48. The van der Waals surface area contributed by atoms with E-state index in [0.717, 1.165) is 28.4 Å². The van der Waals surface area contributed by atoms with Gasteiger partial charge in [0.1, 0.15) is 0 Å². The van der Waals surface area contributed by atoms with Crippen molar-refractivity contribution < 1.29 is 0 Å². The fourth-order valence-electron chi connectivity index (χ4n) is 14.6. The van der Waals surface area contributed by atoms with E-state index in [4.69, 9.17) is 0 Å². The highest BCUT2D eigenvalue weighted by Crippen LogP contribution is 2.46. The third-order valence-corrected chi connectivity index (χ3v) is 27.6. The van der Waals surface area contributed by atoms with E-state index < -0.39 is 16.1 Å². The first-order valence-electron chi connectivity index (χ1n) is 29.2. The molecule has 0 spiro atoms. The summed E-state index contributed by atoms with van der Waals surface area (Å²) in [6.45, 7) is -0.131. The molecule has 0 fully saturated rings. The van der Waals surface area contributed by atoms with E-state index in [0.29, 0.717) is 0 Å². The molecule has 16 rings (SSSR count). The number of para-hydroxylation sites is 4. The topological polar surface area (TPSA) is 11.4 Å². The van der Waals surface area contributed by atoms with Gasteiger partial charge < -0.3 is 14.4 Å². The van der Waals surface area contributed by atoms with E-state index in [-0.39, 0.29) is 6.71 Å². The Hall–Kier alpha value is -10.2. The van der Waals surface area contributed by atoms with Crippen LogP contribution in [0.3, 0.4) is 0 Å². The molecule has 0 saturated carbocycles. The van der Waals surface area contributed by atoms with Crippen molar-refractivity contribution in [2.45, 2.75) is 0 Å². The summed E-state index contributed by atoms with van der Waals surface area (Å²) < 4.78 is 2.50. The van der Waals surface area contributed by atoms with Gasteiger partial charge in [0.2, 0.25) is 0 Å². The van der Waals surface area contributed by atoms with E-state index in [1.807, 2.05) is 0 Å². The van der Waals surface area contributed by atoms with Crippen LogP contribution in [0.15, 0.2) is 340 Å². The van der Waals surface area contributed by atoms with Gasteiger partial charge >= 0.3 is 0 Å². The molecule has 2 aliphatic rings. The highest BCUT2D eigenvalue weighted by atomic mass is 28.3. The number of rotatable bonds is 11. The Morgan fingerprint density at radius 2 is 0.583 bits per heavy atom. The van der Waals surface area contributed by atoms with Gasteiger partial charge in [-0.05, 0) is 119 Å². The van der Waals surface area contributed by atoms with Gasteiger partial charge in [-0.2, -0.15) is 0 Å². The summed E-state index contributed by atoms with van der Waals surface area (Å²) in [5.41, 5.74) is 14.2. The summed E-state index contributed by atoms with van der Waals surface area (Å²) in [6, 6.07) is 128. The van der Waals surface area contributed by atoms with Crippen LogP contribution in [0.5, 0.6) is 0 Å². The number of nitrogens with zero attached hydrogens (tertiary/aromatic N) is 3. The normalized spacial score (nSPS) is 12.7. The molecule has 0 amide bonds. The molecule has 6 heteroatoms. The van der Waals surface area contributed by atoms with Gasteiger partial charge in [0, 0.05) is 44.9 Å². The molecule has 1 aromatic heterocycles. The van der Waals surface area contributed by atoms with E-state index in [1.165, 1.54) is 91.1 Å². The van der Waals surface area contributed by atoms with Crippen LogP contribution >= 0.6 is 0 Å². The lowest BCUT2D eigenvalue weighted by Crippen LogP contribution is -2.75. The smallest absolute Gasteiger partial charge is 0.252 e. The summed E-state index contributed by atoms with van der Waals surface area (Å²) in [4.78, 5) is 5.18. The molecule has 13 aromatic carbocycles. The SMILES string of the molecule is c1ccc(N2c3ccccc3B3c4cc([Si](c5ccccc5)(c5ccccc5)c5ccccc5)ccc4N(c4cccc([Si](c5ccccc5)(c5ccccc5)c5ccccc5)c4)c4cc(-n5c6ccccc6c6ccccc65)cc2c43)cc1. The molecule has 0 radical (unpaired) electrons. The van der Waals surface area contributed by atoms with Crippen LogP contribution in [-0.2, 0) is 0 Å². The van der Waals surface area contributed by atoms with Crippen molar-refractivity contribution in [3.8, 4) is 5.69 Å². The molecular formula is C78H56BN3Si2. The fourth-order valence-corrected chi connectivity index (χ4v) is 24.2. The summed E-state index contributed by atoms with van der Waals surface area (Å²) in [7, 11) is -6.01. The van der Waals surface area contributed by atoms with E-state index >= 15 is 0 Å². The Bertz CT molecular complexity index is 4490. The van der Waals surface area contributed by atoms with Crippen molar-refractivity contribution in [1.29, 1.82) is 0 Å². The Morgan fingerprint density at radius 3 is 1.06 bits per heavy atom. The summed E-state index contributed by atoms with van der Waals surface area (Å²) in [6.07, 6.45) is 0. The zero-order chi connectivity index (χ0) is 55.6. The van der Waals surface area contributed by atoms with Crippen molar-refractivity contribution in [2.75, 3.05) is 9.80 Å². The average molecular weight is 1100 g/mol. The van der Waals surface area contributed by atoms with Gasteiger partial charge in [-0.1, -0.05) is 279 Å². The summed E-state index contributed by atoms with van der Waals surface area (Å²) in [5.74, 6) is 0. The van der Waals surface area contributed by atoms with Crippen molar-refractivity contribution in [2.24, 2.45) is 0 Å². The van der Waals surface area contributed by atoms with Gasteiger partial charge in [0.15, 0.2) is 16.1 Å². The Balaban J connectivity index is 1.05. The molecule has 0 bridgehead atoms. The summed E-state index contributed by atoms with van der Waals surface area (Å²) in [5, 5.41) is 13.2. The Labute approximate surface area is 493 Å². The molecule has 84 heavy (non-hydrogen) atoms. The fraction of sp³-hybridized carbons (Fsp3) is 0. The van der Waals surface area contributed by atoms with E-state index in [2.05, 4.69) is 354 Å². The minimum absolute atomic E-state index is 0.131. The van der Waals surface area contributed by atoms with Crippen molar-refractivity contribution in [1.82, 2.24) is 4.57 Å². The van der Waals surface area contributed by atoms with Crippen LogP contribution in [-0.4, -0.2) is 27.4 Å². The third-order valence-electron chi connectivity index (χ3n) is 18.0. The quantitative estimate of drug-likeness (QED) is 0.0945. The number of fused-ring (bicyclic) bond motifs is 7. The molecule has 0 aliphatic carbocycles. The van der Waals surface area contributed by atoms with Crippen LogP contribution in [0.4, 0.5) is 34.1 Å². The maximum Gasteiger partial charge on any atom is 0.252 e. The molecule has 3 heterocycles. The molecular weight excluding hydrogens is 1050 g/mol. The average Bonchev–Trinajstić information content (AvgIpc) is 0.840. The van der Waals surface area contributed by atoms with Gasteiger partial charge in [0.05, 0.1) is 16.7 Å². The molecule has 0 atom stereocenters. The highest BCUT2D eigenvalue weighted by molar-refractivity contribution is 7.20. The standard InChI is InChI=1S/C78H56BN3Si2/c1-8-29-57(30-9-1)80-74-50-27-24-47-70(74)79-71-56-67(84(63-38-16-5-17-39-63,64-40-18-6-19-41-64)65-42-20-7-21-43-65)51-52-75(71)81(77-55-59(54-76(80)78(77)79)82-72-48-25-22-45-68(72)69-46-23-26-49-73(69)82)58-31-28-44-66(53-58)83(60-32-10-2-11-33-60,61-34-12-3-13-35-61)62-36-14-4-15-37-62/h1-56H. The van der Waals surface area contributed by atoms with Crippen molar-refractivity contribution >= 4 is 137 Å². The number of hydrogen-bond acceptors (Lipinski definition) is 2. The van der Waals surface area contributed by atoms with Gasteiger partial charge in [-0.25, -0.2) is 0 Å². The second-order valence-electron chi connectivity index (χ2n) is 22.3. The second-order valence-corrected chi connectivity index (χ2v) is 29.9. The zero-order valence-corrected chi connectivity index (χ0v) is 48.3. The number of anilines is 6. The predicted molar refractivity (Wildman–Crippen MR) is 362 cm³/mol. The van der Waals surface area contributed by atoms with Crippen molar-refractivity contribution in [3.63, 3.8) is 0 Å². The zero-order valence-electron chi connectivity index (χ0n) is 46.3. The molecule has 0 N–H and O–H groups in total. The maximum absolute atomic E-state index is 3.02. The number of aromatic nitrogens is 1. The van der Waals surface area contributed by atoms with E-state index in [9.17, 15) is 0 Å². The largest absolute Gasteiger partial charge is 0.311 e. The van der Waals surface area contributed by atoms with Crippen molar-refractivity contribution in [3.05, 3.63) is 340 Å². The Kier molecular flexibility index (Phi) is 12.0. The van der Waals surface area contributed by atoms with Crippen LogP contribution in [0.25, 0.3) is 27.5 Å². The molecule has 394 valence electrons. The van der Waals surface area contributed by atoms with Gasteiger partial charge in [-0.3, -0.25) is 0 Å². The first-order chi connectivity index (χ1) is 41.7. The molecule has 2 aliphatic heterocycles. The molecule has 0 unspecified atom stereocenters. The number of benzene rings is 13. The van der Waals surface area contributed by atoms with Crippen LogP contribution in [0.1, 0.15) is 0 Å². The van der Waals surface area contributed by atoms with Gasteiger partial charge in [0.25, 0.3) is 6.71 Å². The molecule has 14 aromatic rings. The lowest BCUT2D eigenvalue weighted by atomic mass is 9.33. The minimum atomic E-state index is -3.02. The lowest BCUT2D eigenvalue weighted by Gasteiger charge is -2.45. The monoisotopic (exact) mass is 1100 g/mol.